The van der Waals surface area contributed by atoms with Gasteiger partial charge in [-0.05, 0) is 43.4 Å². The summed E-state index contributed by atoms with van der Waals surface area (Å²) in [5.41, 5.74) is 0.0185. The highest BCUT2D eigenvalue weighted by Crippen LogP contribution is 2.35. The molecule has 2 aliphatic rings. The molecule has 6 heteroatoms. The molecule has 3 rings (SSSR count). The van der Waals surface area contributed by atoms with Crippen molar-refractivity contribution < 1.29 is 9.90 Å². The molecular weight excluding hydrogens is 359 g/mol. The molecule has 1 saturated carbocycles. The summed E-state index contributed by atoms with van der Waals surface area (Å²) in [5.74, 6) is 0.648. The first-order valence-corrected chi connectivity index (χ1v) is 9.94. The molecule has 1 aromatic carbocycles. The number of benzene rings is 1. The van der Waals surface area contributed by atoms with Crippen LogP contribution in [0.2, 0.25) is 10.0 Å². The maximum absolute atomic E-state index is 12.4. The molecule has 25 heavy (non-hydrogen) atoms. The zero-order chi connectivity index (χ0) is 17.9. The minimum atomic E-state index is -0.609. The van der Waals surface area contributed by atoms with Crippen molar-refractivity contribution in [1.29, 1.82) is 0 Å². The molecule has 0 spiro atoms. The van der Waals surface area contributed by atoms with Gasteiger partial charge in [-0.25, -0.2) is 4.79 Å². The summed E-state index contributed by atoms with van der Waals surface area (Å²) in [7, 11) is 0. The summed E-state index contributed by atoms with van der Waals surface area (Å²) in [6.07, 6.45) is 8.58. The van der Waals surface area contributed by atoms with Gasteiger partial charge in [-0.3, -0.25) is 0 Å². The van der Waals surface area contributed by atoms with Gasteiger partial charge >= 0.3 is 6.03 Å². The largest absolute Gasteiger partial charge is 0.390 e. The fourth-order valence-corrected chi connectivity index (χ4v) is 4.33. The average molecular weight is 385 g/mol. The molecule has 1 aliphatic carbocycles. The molecule has 138 valence electrons. The van der Waals surface area contributed by atoms with E-state index in [1.807, 2.05) is 0 Å². The zero-order valence-corrected chi connectivity index (χ0v) is 16.0. The minimum absolute atomic E-state index is 0.155. The Balaban J connectivity index is 1.50. The first-order chi connectivity index (χ1) is 12.0. The van der Waals surface area contributed by atoms with Crippen molar-refractivity contribution in [3.05, 3.63) is 28.2 Å². The number of nitrogens with zero attached hydrogens (tertiary/aromatic N) is 1. The van der Waals surface area contributed by atoms with Gasteiger partial charge in [-0.2, -0.15) is 0 Å². The molecule has 0 aromatic heterocycles. The second-order valence-electron chi connectivity index (χ2n) is 7.48. The Morgan fingerprint density at radius 1 is 1.16 bits per heavy atom. The maximum atomic E-state index is 12.4. The van der Waals surface area contributed by atoms with Gasteiger partial charge in [0.05, 0.1) is 15.6 Å². The summed E-state index contributed by atoms with van der Waals surface area (Å²) in [4.78, 5) is 14.2. The van der Waals surface area contributed by atoms with E-state index in [4.69, 9.17) is 23.2 Å². The first-order valence-electron chi connectivity index (χ1n) is 9.19. The molecule has 0 unspecified atom stereocenters. The van der Waals surface area contributed by atoms with Gasteiger partial charge in [-0.15, -0.1) is 0 Å². The van der Waals surface area contributed by atoms with Crippen LogP contribution in [0.15, 0.2) is 18.2 Å². The third-order valence-corrected chi connectivity index (χ3v) is 6.28. The van der Waals surface area contributed by atoms with E-state index in [1.165, 1.54) is 32.1 Å². The van der Waals surface area contributed by atoms with Crippen molar-refractivity contribution in [3.63, 3.8) is 0 Å². The number of piperidine rings is 1. The smallest absolute Gasteiger partial charge is 0.321 e. The third kappa shape index (κ3) is 5.02. The van der Waals surface area contributed by atoms with Crippen LogP contribution in [-0.2, 0) is 0 Å². The third-order valence-electron chi connectivity index (χ3n) is 5.55. The second kappa shape index (κ2) is 8.15. The van der Waals surface area contributed by atoms with Crippen LogP contribution >= 0.6 is 23.2 Å². The molecule has 0 radical (unpaired) electrons. The van der Waals surface area contributed by atoms with Gasteiger partial charge in [0.1, 0.15) is 0 Å². The van der Waals surface area contributed by atoms with Crippen LogP contribution < -0.4 is 5.32 Å². The normalized spacial score (nSPS) is 21.2. The van der Waals surface area contributed by atoms with Crippen molar-refractivity contribution in [1.82, 2.24) is 4.90 Å². The summed E-state index contributed by atoms with van der Waals surface area (Å²) < 4.78 is 0. The fourth-order valence-electron chi connectivity index (χ4n) is 4.04. The lowest BCUT2D eigenvalue weighted by molar-refractivity contribution is -0.0337. The fraction of sp³-hybridized carbons (Fsp3) is 0.632. The average Bonchev–Trinajstić information content (AvgIpc) is 2.59. The van der Waals surface area contributed by atoms with E-state index in [9.17, 15) is 9.90 Å². The van der Waals surface area contributed by atoms with E-state index in [0.29, 0.717) is 47.6 Å². The summed E-state index contributed by atoms with van der Waals surface area (Å²) in [6, 6.07) is 4.89. The van der Waals surface area contributed by atoms with Crippen molar-refractivity contribution in [2.24, 2.45) is 5.92 Å². The van der Waals surface area contributed by atoms with Crippen LogP contribution in [0, 0.1) is 5.92 Å². The summed E-state index contributed by atoms with van der Waals surface area (Å²) >= 11 is 11.9. The van der Waals surface area contributed by atoms with Gasteiger partial charge in [-0.1, -0.05) is 55.3 Å². The first kappa shape index (κ1) is 18.8. The number of hydrogen-bond acceptors (Lipinski definition) is 2. The Hall–Kier alpha value is -0.970. The van der Waals surface area contributed by atoms with Gasteiger partial charge in [0.2, 0.25) is 0 Å². The number of nitrogens with one attached hydrogen (secondary N) is 1. The molecule has 1 aliphatic heterocycles. The summed E-state index contributed by atoms with van der Waals surface area (Å²) in [5, 5.41) is 14.6. The highest BCUT2D eigenvalue weighted by molar-refractivity contribution is 6.42. The number of likely N-dealkylation sites (tertiary alicyclic amines) is 1. The van der Waals surface area contributed by atoms with Crippen LogP contribution in [0.1, 0.15) is 51.4 Å². The van der Waals surface area contributed by atoms with Gasteiger partial charge in [0, 0.05) is 18.8 Å². The van der Waals surface area contributed by atoms with Crippen LogP contribution in [-0.4, -0.2) is 34.7 Å². The van der Waals surface area contributed by atoms with E-state index >= 15 is 0 Å². The van der Waals surface area contributed by atoms with E-state index in [2.05, 4.69) is 5.32 Å². The van der Waals surface area contributed by atoms with E-state index in [-0.39, 0.29) is 6.03 Å². The SMILES string of the molecule is O=C(Nc1ccc(Cl)c(Cl)c1)N1CCC(O)(CC2CCCCC2)CC1. The standard InChI is InChI=1S/C19H26Cl2N2O2/c20-16-7-6-15(12-17(16)21)22-18(24)23-10-8-19(25,9-11-23)13-14-4-2-1-3-5-14/h6-7,12,14,25H,1-5,8-11,13H2,(H,22,24). The van der Waals surface area contributed by atoms with Crippen LogP contribution in [0.4, 0.5) is 10.5 Å². The lowest BCUT2D eigenvalue weighted by Gasteiger charge is -2.40. The Kier molecular flexibility index (Phi) is 6.13. The number of amides is 2. The van der Waals surface area contributed by atoms with Gasteiger partial charge < -0.3 is 15.3 Å². The topological polar surface area (TPSA) is 52.6 Å². The molecule has 1 aromatic rings. The quantitative estimate of drug-likeness (QED) is 0.740. The predicted octanol–water partition coefficient (Wildman–Crippen LogP) is 5.32. The van der Waals surface area contributed by atoms with Crippen molar-refractivity contribution in [2.75, 3.05) is 18.4 Å². The number of carbonyl (C=O) groups is 1. The molecule has 2 fully saturated rings. The second-order valence-corrected chi connectivity index (χ2v) is 8.29. The van der Waals surface area contributed by atoms with E-state index in [0.717, 1.165) is 6.42 Å². The van der Waals surface area contributed by atoms with Crippen molar-refractivity contribution in [2.45, 2.75) is 57.0 Å². The molecule has 1 heterocycles. The molecular formula is C19H26Cl2N2O2. The lowest BCUT2D eigenvalue weighted by atomic mass is 9.77. The van der Waals surface area contributed by atoms with E-state index in [1.54, 1.807) is 23.1 Å². The number of urea groups is 1. The van der Waals surface area contributed by atoms with Crippen LogP contribution in [0.3, 0.4) is 0 Å². The predicted molar refractivity (Wildman–Crippen MR) is 102 cm³/mol. The van der Waals surface area contributed by atoms with E-state index < -0.39 is 5.60 Å². The molecule has 4 nitrogen and oxygen atoms in total. The molecule has 0 atom stereocenters. The highest BCUT2D eigenvalue weighted by Gasteiger charge is 2.36. The molecule has 2 amide bonds. The maximum Gasteiger partial charge on any atom is 0.321 e. The number of anilines is 1. The lowest BCUT2D eigenvalue weighted by Crippen LogP contribution is -2.48. The minimum Gasteiger partial charge on any atom is -0.390 e. The Morgan fingerprint density at radius 3 is 2.48 bits per heavy atom. The van der Waals surface area contributed by atoms with Crippen LogP contribution in [0.25, 0.3) is 0 Å². The number of rotatable bonds is 3. The van der Waals surface area contributed by atoms with Gasteiger partial charge in [0.25, 0.3) is 0 Å². The van der Waals surface area contributed by atoms with Crippen molar-refractivity contribution >= 4 is 34.9 Å². The zero-order valence-electron chi connectivity index (χ0n) is 14.4. The molecule has 0 bridgehead atoms. The number of carbonyl (C=O) groups excluding carboxylic acids is 1. The monoisotopic (exact) mass is 384 g/mol. The highest BCUT2D eigenvalue weighted by atomic mass is 35.5. The number of aliphatic hydroxyl groups is 1. The number of halogens is 2. The Bertz CT molecular complexity index is 609. The molecule has 2 N–H and O–H groups in total. The molecule has 1 saturated heterocycles. The number of hydrogen-bond donors (Lipinski definition) is 2. The van der Waals surface area contributed by atoms with Gasteiger partial charge in [0.15, 0.2) is 0 Å². The summed E-state index contributed by atoms with van der Waals surface area (Å²) in [6.45, 7) is 1.16. The Morgan fingerprint density at radius 2 is 1.84 bits per heavy atom. The Labute approximate surface area is 159 Å². The van der Waals surface area contributed by atoms with Crippen molar-refractivity contribution in [3.8, 4) is 0 Å². The van der Waals surface area contributed by atoms with Crippen LogP contribution in [0.5, 0.6) is 0 Å².